The van der Waals surface area contributed by atoms with Crippen molar-refractivity contribution in [3.8, 4) is 5.75 Å². The maximum atomic E-state index is 12.5. The third-order valence-corrected chi connectivity index (χ3v) is 5.41. The third-order valence-electron chi connectivity index (χ3n) is 3.29. The Morgan fingerprint density at radius 1 is 1.00 bits per heavy atom. The second-order valence-electron chi connectivity index (χ2n) is 4.90. The van der Waals surface area contributed by atoms with Gasteiger partial charge in [0.15, 0.2) is 20.9 Å². The van der Waals surface area contributed by atoms with Crippen LogP contribution in [0.5, 0.6) is 5.75 Å². The van der Waals surface area contributed by atoms with Gasteiger partial charge in [0, 0.05) is 0 Å². The number of para-hydroxylation sites is 1. The summed E-state index contributed by atoms with van der Waals surface area (Å²) in [5.74, 6) is 0.647. The van der Waals surface area contributed by atoms with Gasteiger partial charge in [-0.05, 0) is 31.2 Å². The molecule has 0 amide bonds. The van der Waals surface area contributed by atoms with Gasteiger partial charge in [-0.2, -0.15) is 0 Å². The number of ether oxygens (including phenoxy) is 1. The third kappa shape index (κ3) is 2.30. The smallest absolute Gasteiger partial charge is 0.199 e. The highest BCUT2D eigenvalue weighted by Gasteiger charge is 2.60. The molecule has 1 aliphatic rings. The number of hydrogen-bond acceptors (Lipinski definition) is 4. The second-order valence-corrected chi connectivity index (χ2v) is 6.94. The van der Waals surface area contributed by atoms with E-state index in [1.807, 2.05) is 18.2 Å². The molecule has 2 aromatic carbocycles. The summed E-state index contributed by atoms with van der Waals surface area (Å²) in [4.78, 5) is 0.304. The minimum Gasteiger partial charge on any atom is -0.470 e. The molecule has 0 aliphatic carbocycles. The van der Waals surface area contributed by atoms with E-state index in [1.54, 1.807) is 49.4 Å². The van der Waals surface area contributed by atoms with Crippen molar-refractivity contribution in [1.29, 1.82) is 0 Å². The number of sulfone groups is 1. The number of hydrogen-bond donors (Lipinski definition) is 1. The van der Waals surface area contributed by atoms with Gasteiger partial charge in [0.2, 0.25) is 0 Å². The Balaban J connectivity index is 1.81. The molecule has 1 saturated heterocycles. The van der Waals surface area contributed by atoms with E-state index in [0.29, 0.717) is 10.6 Å². The van der Waals surface area contributed by atoms with Crippen molar-refractivity contribution in [3.63, 3.8) is 0 Å². The Bertz CT molecular complexity index is 700. The summed E-state index contributed by atoms with van der Waals surface area (Å²) < 4.78 is 30.7. The van der Waals surface area contributed by atoms with Crippen LogP contribution in [0.1, 0.15) is 6.92 Å². The first-order valence-electron chi connectivity index (χ1n) is 6.33. The molecule has 3 rings (SSSR count). The summed E-state index contributed by atoms with van der Waals surface area (Å²) in [6.45, 7) is 1.74. The first-order valence-corrected chi connectivity index (χ1v) is 7.88. The highest BCUT2D eigenvalue weighted by molar-refractivity contribution is 7.92. The number of nitrogens with one attached hydrogen (secondary N) is 1. The van der Waals surface area contributed by atoms with Crippen LogP contribution in [0, 0.1) is 0 Å². The molecule has 0 radical (unpaired) electrons. The molecule has 2 aromatic rings. The standard InChI is InChI=1S/C15H15NO3S/c1-15(19-12-8-4-2-5-9-12)14(16-15)20(17,18)13-10-6-3-7-11-13/h2-11,14,16H,1H3. The van der Waals surface area contributed by atoms with Gasteiger partial charge in [-0.3, -0.25) is 5.32 Å². The van der Waals surface area contributed by atoms with Gasteiger partial charge in [0.05, 0.1) is 4.90 Å². The van der Waals surface area contributed by atoms with Gasteiger partial charge in [-0.15, -0.1) is 0 Å². The van der Waals surface area contributed by atoms with Crippen molar-refractivity contribution < 1.29 is 13.2 Å². The maximum absolute atomic E-state index is 12.5. The summed E-state index contributed by atoms with van der Waals surface area (Å²) in [7, 11) is -3.43. The van der Waals surface area contributed by atoms with Crippen LogP contribution < -0.4 is 10.1 Å². The predicted octanol–water partition coefficient (Wildman–Crippen LogP) is 2.18. The van der Waals surface area contributed by atoms with Crippen molar-refractivity contribution in [2.45, 2.75) is 22.9 Å². The molecule has 4 nitrogen and oxygen atoms in total. The average molecular weight is 289 g/mol. The summed E-state index contributed by atoms with van der Waals surface area (Å²) in [5.41, 5.74) is -0.879. The zero-order valence-electron chi connectivity index (χ0n) is 11.0. The van der Waals surface area contributed by atoms with Gasteiger partial charge in [0.1, 0.15) is 5.75 Å². The lowest BCUT2D eigenvalue weighted by Crippen LogP contribution is -2.24. The molecular weight excluding hydrogens is 274 g/mol. The van der Waals surface area contributed by atoms with Gasteiger partial charge < -0.3 is 4.74 Å². The van der Waals surface area contributed by atoms with Crippen LogP contribution in [-0.2, 0) is 9.84 Å². The lowest BCUT2D eigenvalue weighted by atomic mass is 10.3. The Kier molecular flexibility index (Phi) is 3.03. The molecule has 2 unspecified atom stereocenters. The molecule has 104 valence electrons. The minimum atomic E-state index is -3.43. The van der Waals surface area contributed by atoms with E-state index in [2.05, 4.69) is 5.32 Å². The summed E-state index contributed by atoms with van der Waals surface area (Å²) in [6, 6.07) is 17.6. The fourth-order valence-corrected chi connectivity index (χ4v) is 3.99. The lowest BCUT2D eigenvalue weighted by molar-refractivity contribution is 0.191. The first kappa shape index (κ1) is 13.1. The molecule has 0 saturated carbocycles. The minimum absolute atomic E-state index is 0.304. The van der Waals surface area contributed by atoms with Crippen LogP contribution in [0.3, 0.4) is 0 Å². The zero-order chi connectivity index (χ0) is 14.2. The SMILES string of the molecule is CC1(Oc2ccccc2)NC1S(=O)(=O)c1ccccc1. The second kappa shape index (κ2) is 4.61. The van der Waals surface area contributed by atoms with Crippen LogP contribution in [0.4, 0.5) is 0 Å². The van der Waals surface area contributed by atoms with E-state index in [1.165, 1.54) is 0 Å². The Morgan fingerprint density at radius 3 is 2.15 bits per heavy atom. The monoisotopic (exact) mass is 289 g/mol. The predicted molar refractivity (Wildman–Crippen MR) is 76.0 cm³/mol. The molecule has 5 heteroatoms. The highest BCUT2D eigenvalue weighted by atomic mass is 32.2. The van der Waals surface area contributed by atoms with Crippen molar-refractivity contribution >= 4 is 9.84 Å². The zero-order valence-corrected chi connectivity index (χ0v) is 11.8. The average Bonchev–Trinajstić information content (AvgIpc) is 3.13. The molecular formula is C15H15NO3S. The van der Waals surface area contributed by atoms with E-state index in [9.17, 15) is 8.42 Å². The summed E-state index contributed by atoms with van der Waals surface area (Å²) in [5, 5.41) is 2.20. The Morgan fingerprint density at radius 2 is 1.55 bits per heavy atom. The quantitative estimate of drug-likeness (QED) is 0.876. The van der Waals surface area contributed by atoms with Crippen LogP contribution >= 0.6 is 0 Å². The van der Waals surface area contributed by atoms with Gasteiger partial charge in [-0.25, -0.2) is 8.42 Å². The molecule has 20 heavy (non-hydrogen) atoms. The largest absolute Gasteiger partial charge is 0.470 e. The molecule has 0 bridgehead atoms. The van der Waals surface area contributed by atoms with Gasteiger partial charge in [-0.1, -0.05) is 36.4 Å². The highest BCUT2D eigenvalue weighted by Crippen LogP contribution is 2.36. The fourth-order valence-electron chi connectivity index (χ4n) is 2.15. The number of benzene rings is 2. The maximum Gasteiger partial charge on any atom is 0.199 e. The van der Waals surface area contributed by atoms with Crippen molar-refractivity contribution in [3.05, 3.63) is 60.7 Å². The van der Waals surface area contributed by atoms with E-state index >= 15 is 0 Å². The number of rotatable bonds is 4. The lowest BCUT2D eigenvalue weighted by Gasteiger charge is -2.12. The van der Waals surface area contributed by atoms with Crippen molar-refractivity contribution in [2.75, 3.05) is 0 Å². The first-order chi connectivity index (χ1) is 9.52. The van der Waals surface area contributed by atoms with Crippen LogP contribution in [0.15, 0.2) is 65.6 Å². The summed E-state index contributed by atoms with van der Waals surface area (Å²) >= 11 is 0. The molecule has 1 aliphatic heterocycles. The van der Waals surface area contributed by atoms with Crippen molar-refractivity contribution in [1.82, 2.24) is 5.32 Å². The summed E-state index contributed by atoms with van der Waals surface area (Å²) in [6.07, 6.45) is 0. The van der Waals surface area contributed by atoms with Gasteiger partial charge in [0.25, 0.3) is 0 Å². The molecule has 1 N–H and O–H groups in total. The van der Waals surface area contributed by atoms with Crippen LogP contribution in [0.25, 0.3) is 0 Å². The molecule has 1 fully saturated rings. The van der Waals surface area contributed by atoms with Crippen LogP contribution in [0.2, 0.25) is 0 Å². The molecule has 2 atom stereocenters. The molecule has 0 spiro atoms. The fraction of sp³-hybridized carbons (Fsp3) is 0.200. The Labute approximate surface area is 118 Å². The van der Waals surface area contributed by atoms with Gasteiger partial charge >= 0.3 is 0 Å². The van der Waals surface area contributed by atoms with Crippen LogP contribution in [-0.4, -0.2) is 19.5 Å². The van der Waals surface area contributed by atoms with E-state index in [-0.39, 0.29) is 0 Å². The van der Waals surface area contributed by atoms with Crippen molar-refractivity contribution in [2.24, 2.45) is 0 Å². The normalized spacial score (nSPS) is 25.1. The topological polar surface area (TPSA) is 65.3 Å². The molecule has 0 aromatic heterocycles. The van der Waals surface area contributed by atoms with E-state index < -0.39 is 20.9 Å². The van der Waals surface area contributed by atoms with E-state index in [4.69, 9.17) is 4.74 Å². The molecule has 1 heterocycles. The van der Waals surface area contributed by atoms with E-state index in [0.717, 1.165) is 0 Å². The Hall–Kier alpha value is -1.85.